The smallest absolute Gasteiger partial charge is 0.262 e. The summed E-state index contributed by atoms with van der Waals surface area (Å²) >= 11 is 1.25. The van der Waals surface area contributed by atoms with Gasteiger partial charge in [0.2, 0.25) is 5.91 Å². The summed E-state index contributed by atoms with van der Waals surface area (Å²) in [5, 5.41) is 3.48. The van der Waals surface area contributed by atoms with E-state index in [1.54, 1.807) is 6.92 Å². The first-order valence-corrected chi connectivity index (χ1v) is 14.0. The van der Waals surface area contributed by atoms with E-state index in [-0.39, 0.29) is 30.0 Å². The van der Waals surface area contributed by atoms with Crippen LogP contribution in [0.2, 0.25) is 0 Å². The zero-order chi connectivity index (χ0) is 24.9. The minimum absolute atomic E-state index is 0.0157. The molecular formula is C26H39N5O3S. The van der Waals surface area contributed by atoms with Crippen LogP contribution in [0.15, 0.2) is 11.1 Å². The van der Waals surface area contributed by atoms with E-state index >= 15 is 0 Å². The zero-order valence-electron chi connectivity index (χ0n) is 21.3. The highest BCUT2D eigenvalue weighted by Gasteiger charge is 2.25. The lowest BCUT2D eigenvalue weighted by Gasteiger charge is -2.35. The number of piperidine rings is 2. The van der Waals surface area contributed by atoms with E-state index < -0.39 is 0 Å². The molecule has 2 aliphatic rings. The van der Waals surface area contributed by atoms with Crippen LogP contribution in [0.5, 0.6) is 0 Å². The second-order valence-corrected chi connectivity index (χ2v) is 11.0. The topological polar surface area (TPSA) is 87.5 Å². The lowest BCUT2D eigenvalue weighted by Crippen LogP contribution is -2.44. The molecule has 1 N–H and O–H groups in total. The highest BCUT2D eigenvalue weighted by molar-refractivity contribution is 7.20. The van der Waals surface area contributed by atoms with Crippen LogP contribution >= 0.6 is 11.3 Å². The summed E-state index contributed by atoms with van der Waals surface area (Å²) in [7, 11) is 0. The summed E-state index contributed by atoms with van der Waals surface area (Å²) in [5.74, 6) is -0.203. The van der Waals surface area contributed by atoms with Crippen LogP contribution in [0.1, 0.15) is 80.4 Å². The average Bonchev–Trinajstić information content (AvgIpc) is 3.21. The number of amides is 2. The molecule has 35 heavy (non-hydrogen) atoms. The number of fused-ring (bicyclic) bond motifs is 1. The van der Waals surface area contributed by atoms with Gasteiger partial charge in [-0.25, -0.2) is 4.98 Å². The number of thiophene rings is 1. The van der Waals surface area contributed by atoms with Crippen molar-refractivity contribution < 1.29 is 9.59 Å². The molecule has 4 heterocycles. The van der Waals surface area contributed by atoms with E-state index in [1.165, 1.54) is 47.9 Å². The average molecular weight is 502 g/mol. The molecule has 8 nitrogen and oxygen atoms in total. The lowest BCUT2D eigenvalue weighted by atomic mass is 10.00. The summed E-state index contributed by atoms with van der Waals surface area (Å²) in [4.78, 5) is 48.9. The Morgan fingerprint density at radius 2 is 1.94 bits per heavy atom. The van der Waals surface area contributed by atoms with Crippen molar-refractivity contribution in [3.8, 4) is 0 Å². The maximum absolute atomic E-state index is 13.2. The van der Waals surface area contributed by atoms with Crippen LogP contribution in [0.25, 0.3) is 10.2 Å². The molecule has 0 unspecified atom stereocenters. The molecule has 2 aromatic heterocycles. The van der Waals surface area contributed by atoms with Crippen molar-refractivity contribution in [2.24, 2.45) is 0 Å². The Balaban J connectivity index is 1.39. The highest BCUT2D eigenvalue weighted by Crippen LogP contribution is 2.27. The van der Waals surface area contributed by atoms with Crippen LogP contribution in [0, 0.1) is 6.92 Å². The second kappa shape index (κ2) is 11.6. The van der Waals surface area contributed by atoms with Gasteiger partial charge in [-0.2, -0.15) is 0 Å². The van der Waals surface area contributed by atoms with Gasteiger partial charge in [0, 0.05) is 31.7 Å². The minimum atomic E-state index is -0.253. The number of carbonyl (C=O) groups excluding carboxylic acids is 2. The van der Waals surface area contributed by atoms with Crippen molar-refractivity contribution in [3.05, 3.63) is 27.1 Å². The Labute approximate surface area is 211 Å². The van der Waals surface area contributed by atoms with Gasteiger partial charge >= 0.3 is 0 Å². The molecule has 2 aliphatic heterocycles. The third-order valence-electron chi connectivity index (χ3n) is 7.68. The third kappa shape index (κ3) is 5.77. The molecular weight excluding hydrogens is 462 g/mol. The number of carbonyl (C=O) groups is 2. The number of aromatic nitrogens is 2. The molecule has 0 bridgehead atoms. The molecule has 2 saturated heterocycles. The van der Waals surface area contributed by atoms with Crippen molar-refractivity contribution in [2.75, 3.05) is 26.2 Å². The molecule has 0 spiro atoms. The molecule has 2 aromatic rings. The van der Waals surface area contributed by atoms with E-state index in [9.17, 15) is 14.4 Å². The maximum atomic E-state index is 13.2. The van der Waals surface area contributed by atoms with Gasteiger partial charge in [0.25, 0.3) is 11.5 Å². The first kappa shape index (κ1) is 25.8. The van der Waals surface area contributed by atoms with Crippen LogP contribution in [-0.2, 0) is 11.3 Å². The second-order valence-electron chi connectivity index (χ2n) is 10.0. The largest absolute Gasteiger partial charge is 0.351 e. The molecule has 0 saturated carbocycles. The molecule has 192 valence electrons. The van der Waals surface area contributed by atoms with Gasteiger partial charge in [-0.1, -0.05) is 13.3 Å². The van der Waals surface area contributed by atoms with Gasteiger partial charge in [0.05, 0.1) is 16.6 Å². The number of hydrogen-bond acceptors (Lipinski definition) is 6. The molecule has 0 radical (unpaired) electrons. The molecule has 0 aliphatic carbocycles. The van der Waals surface area contributed by atoms with Crippen LogP contribution in [0.3, 0.4) is 0 Å². The highest BCUT2D eigenvalue weighted by atomic mass is 32.1. The normalized spacial score (nSPS) is 21.4. The monoisotopic (exact) mass is 501 g/mol. The van der Waals surface area contributed by atoms with Crippen molar-refractivity contribution in [1.29, 1.82) is 0 Å². The number of aryl methyl sites for hydroxylation is 1. The van der Waals surface area contributed by atoms with Gasteiger partial charge in [-0.3, -0.25) is 19.0 Å². The Hall–Kier alpha value is -2.26. The van der Waals surface area contributed by atoms with Crippen molar-refractivity contribution in [2.45, 2.75) is 90.8 Å². The van der Waals surface area contributed by atoms with E-state index in [1.807, 2.05) is 4.90 Å². The Bertz CT molecular complexity index is 1110. The van der Waals surface area contributed by atoms with E-state index in [0.29, 0.717) is 33.2 Å². The van der Waals surface area contributed by atoms with E-state index in [4.69, 9.17) is 0 Å². The minimum Gasteiger partial charge on any atom is -0.351 e. The molecule has 2 fully saturated rings. The number of hydrogen-bond donors (Lipinski definition) is 1. The maximum Gasteiger partial charge on any atom is 0.262 e. The van der Waals surface area contributed by atoms with Gasteiger partial charge in [0.15, 0.2) is 0 Å². The van der Waals surface area contributed by atoms with Crippen LogP contribution < -0.4 is 10.9 Å². The zero-order valence-corrected chi connectivity index (χ0v) is 22.2. The van der Waals surface area contributed by atoms with Crippen molar-refractivity contribution in [3.63, 3.8) is 0 Å². The summed E-state index contributed by atoms with van der Waals surface area (Å²) < 4.78 is 1.39. The summed E-state index contributed by atoms with van der Waals surface area (Å²) in [6, 6.07) is 0.868. The predicted molar refractivity (Wildman–Crippen MR) is 140 cm³/mol. The fourth-order valence-electron chi connectivity index (χ4n) is 5.57. The molecule has 2 atom stereocenters. The van der Waals surface area contributed by atoms with Gasteiger partial charge in [0.1, 0.15) is 11.4 Å². The Kier molecular flexibility index (Phi) is 8.59. The standard InChI is InChI=1S/C26H39N5O3S/c1-4-20-11-6-7-13-29(20)14-9-12-27-24(33)23-19(3)22-25(35-23)28-17-30(26(22)34)16-21(32)31-15-8-5-10-18(31)2/h17-18,20H,4-16H2,1-3H3,(H,27,33)/t18-,20+/m0/s1. The first-order chi connectivity index (χ1) is 16.9. The number of nitrogens with one attached hydrogen (secondary N) is 1. The SMILES string of the molecule is CC[C@@H]1CCCCN1CCCNC(=O)c1sc2ncn(CC(=O)N3CCCC[C@@H]3C)c(=O)c2c1C. The Morgan fingerprint density at radius 3 is 2.71 bits per heavy atom. The summed E-state index contributed by atoms with van der Waals surface area (Å²) in [6.45, 7) is 9.60. The third-order valence-corrected chi connectivity index (χ3v) is 8.88. The van der Waals surface area contributed by atoms with Crippen molar-refractivity contribution >= 4 is 33.4 Å². The van der Waals surface area contributed by atoms with Crippen LogP contribution in [-0.4, -0.2) is 69.4 Å². The molecule has 2 amide bonds. The fourth-order valence-corrected chi connectivity index (χ4v) is 6.63. The van der Waals surface area contributed by atoms with Gasteiger partial charge < -0.3 is 15.1 Å². The number of nitrogens with zero attached hydrogens (tertiary/aromatic N) is 4. The van der Waals surface area contributed by atoms with E-state index in [0.717, 1.165) is 45.3 Å². The van der Waals surface area contributed by atoms with Crippen LogP contribution in [0.4, 0.5) is 0 Å². The first-order valence-electron chi connectivity index (χ1n) is 13.2. The lowest BCUT2D eigenvalue weighted by molar-refractivity contribution is -0.135. The quantitative estimate of drug-likeness (QED) is 0.559. The van der Waals surface area contributed by atoms with Crippen molar-refractivity contribution in [1.82, 2.24) is 24.7 Å². The summed E-state index contributed by atoms with van der Waals surface area (Å²) in [5.41, 5.74) is 0.395. The number of likely N-dealkylation sites (tertiary alicyclic amines) is 2. The van der Waals surface area contributed by atoms with Gasteiger partial charge in [-0.05, 0) is 70.9 Å². The van der Waals surface area contributed by atoms with E-state index in [2.05, 4.69) is 29.0 Å². The predicted octanol–water partition coefficient (Wildman–Crippen LogP) is 3.55. The number of rotatable bonds is 8. The molecule has 9 heteroatoms. The fraction of sp³-hybridized carbons (Fsp3) is 0.692. The summed E-state index contributed by atoms with van der Waals surface area (Å²) in [6.07, 6.45) is 10.5. The molecule has 0 aromatic carbocycles. The van der Waals surface area contributed by atoms with Gasteiger partial charge in [-0.15, -0.1) is 11.3 Å². The Morgan fingerprint density at radius 1 is 1.17 bits per heavy atom. The molecule has 4 rings (SSSR count).